The van der Waals surface area contributed by atoms with Gasteiger partial charge in [-0.25, -0.2) is 0 Å². The minimum atomic E-state index is 0.0439. The smallest absolute Gasteiger partial charge is 0.229 e. The number of carbonyl (C=O) groups is 1. The number of nitrogens with one attached hydrogen (secondary N) is 1. The van der Waals surface area contributed by atoms with Crippen molar-refractivity contribution in [3.05, 3.63) is 0 Å². The summed E-state index contributed by atoms with van der Waals surface area (Å²) in [5.74, 6) is 3.12. The largest absolute Gasteiger partial charge is 0.338 e. The van der Waals surface area contributed by atoms with Crippen molar-refractivity contribution in [1.82, 2.24) is 10.2 Å². The summed E-state index contributed by atoms with van der Waals surface area (Å²) in [4.78, 5) is 15.7. The van der Waals surface area contributed by atoms with Crippen LogP contribution in [-0.4, -0.2) is 36.5 Å². The van der Waals surface area contributed by atoms with Crippen molar-refractivity contribution in [1.29, 1.82) is 0 Å². The summed E-state index contributed by atoms with van der Waals surface area (Å²) in [5.41, 5.74) is 0.0439. The fourth-order valence-corrected chi connectivity index (χ4v) is 6.34. The summed E-state index contributed by atoms with van der Waals surface area (Å²) in [7, 11) is 0. The Morgan fingerprint density at radius 1 is 1.14 bits per heavy atom. The van der Waals surface area contributed by atoms with Gasteiger partial charge in [0.2, 0.25) is 5.91 Å². The van der Waals surface area contributed by atoms with Gasteiger partial charge in [0.1, 0.15) is 0 Å². The van der Waals surface area contributed by atoms with E-state index < -0.39 is 0 Å². The van der Waals surface area contributed by atoms with Gasteiger partial charge in [-0.1, -0.05) is 0 Å². The van der Waals surface area contributed by atoms with Gasteiger partial charge in [-0.3, -0.25) is 4.79 Å². The molecule has 4 aliphatic carbocycles. The molecular formula is C18H30N2O. The van der Waals surface area contributed by atoms with Crippen LogP contribution < -0.4 is 5.32 Å². The predicted molar refractivity (Wildman–Crippen MR) is 83.9 cm³/mol. The molecule has 0 spiro atoms. The van der Waals surface area contributed by atoms with Crippen LogP contribution in [0.2, 0.25) is 0 Å². The van der Waals surface area contributed by atoms with Crippen LogP contribution in [0.5, 0.6) is 0 Å². The molecule has 0 aromatic rings. The topological polar surface area (TPSA) is 32.3 Å². The van der Waals surface area contributed by atoms with E-state index in [1.54, 1.807) is 0 Å². The Bertz CT molecular complexity index is 378. The van der Waals surface area contributed by atoms with Crippen molar-refractivity contribution in [2.24, 2.45) is 23.2 Å². The molecule has 21 heavy (non-hydrogen) atoms. The Balaban J connectivity index is 1.55. The van der Waals surface area contributed by atoms with Crippen molar-refractivity contribution >= 4 is 5.91 Å². The Kier molecular flexibility index (Phi) is 3.52. The van der Waals surface area contributed by atoms with Crippen LogP contribution in [0.3, 0.4) is 0 Å². The monoisotopic (exact) mass is 290 g/mol. The van der Waals surface area contributed by atoms with E-state index in [9.17, 15) is 4.79 Å². The van der Waals surface area contributed by atoms with Gasteiger partial charge in [0.25, 0.3) is 0 Å². The lowest BCUT2D eigenvalue weighted by molar-refractivity contribution is -0.160. The number of hydrogen-bond acceptors (Lipinski definition) is 2. The molecule has 5 aliphatic rings. The van der Waals surface area contributed by atoms with E-state index in [0.29, 0.717) is 11.9 Å². The summed E-state index contributed by atoms with van der Waals surface area (Å²) in [6, 6.07) is 0.448. The number of nitrogens with zero attached hydrogens (tertiary/aromatic N) is 1. The van der Waals surface area contributed by atoms with Crippen LogP contribution in [0.1, 0.15) is 58.3 Å². The number of rotatable bonds is 3. The Morgan fingerprint density at radius 3 is 2.24 bits per heavy atom. The highest BCUT2D eigenvalue weighted by Crippen LogP contribution is 2.60. The van der Waals surface area contributed by atoms with Crippen molar-refractivity contribution in [2.45, 2.75) is 64.3 Å². The lowest BCUT2D eigenvalue weighted by Crippen LogP contribution is -2.58. The highest BCUT2D eigenvalue weighted by atomic mass is 16.2. The molecule has 3 heteroatoms. The first-order valence-electron chi connectivity index (χ1n) is 9.22. The van der Waals surface area contributed by atoms with E-state index >= 15 is 0 Å². The maximum absolute atomic E-state index is 13.4. The Hall–Kier alpha value is -0.570. The molecule has 0 radical (unpaired) electrons. The van der Waals surface area contributed by atoms with Gasteiger partial charge >= 0.3 is 0 Å². The number of carbonyl (C=O) groups excluding carboxylic acids is 1. The Labute approximate surface area is 128 Å². The van der Waals surface area contributed by atoms with Crippen LogP contribution in [0.25, 0.3) is 0 Å². The second-order valence-electron chi connectivity index (χ2n) is 8.29. The molecule has 1 N–H and O–H groups in total. The van der Waals surface area contributed by atoms with Crippen LogP contribution in [0, 0.1) is 23.2 Å². The molecule has 1 saturated heterocycles. The van der Waals surface area contributed by atoms with Crippen LogP contribution in [-0.2, 0) is 4.79 Å². The van der Waals surface area contributed by atoms with Gasteiger partial charge in [-0.05, 0) is 82.6 Å². The third-order valence-corrected chi connectivity index (χ3v) is 6.81. The molecule has 5 fully saturated rings. The van der Waals surface area contributed by atoms with E-state index in [1.165, 1.54) is 51.4 Å². The predicted octanol–water partition coefficient (Wildman–Crippen LogP) is 2.80. The van der Waals surface area contributed by atoms with Crippen LogP contribution in [0.4, 0.5) is 0 Å². The van der Waals surface area contributed by atoms with E-state index in [2.05, 4.69) is 17.1 Å². The minimum Gasteiger partial charge on any atom is -0.338 e. The average molecular weight is 290 g/mol. The molecule has 1 atom stereocenters. The van der Waals surface area contributed by atoms with Gasteiger partial charge in [0, 0.05) is 19.1 Å². The van der Waals surface area contributed by atoms with E-state index in [0.717, 1.165) is 37.4 Å². The molecule has 4 saturated carbocycles. The normalized spacial score (nSPS) is 44.8. The molecular weight excluding hydrogens is 260 g/mol. The number of hydrogen-bond donors (Lipinski definition) is 1. The highest BCUT2D eigenvalue weighted by Gasteiger charge is 2.55. The second-order valence-corrected chi connectivity index (χ2v) is 8.29. The highest BCUT2D eigenvalue weighted by molar-refractivity contribution is 5.83. The zero-order chi connectivity index (χ0) is 14.4. The van der Waals surface area contributed by atoms with Gasteiger partial charge in [-0.2, -0.15) is 0 Å². The first-order chi connectivity index (χ1) is 10.2. The molecule has 0 aromatic heterocycles. The zero-order valence-electron chi connectivity index (χ0n) is 13.4. The van der Waals surface area contributed by atoms with E-state index in [4.69, 9.17) is 0 Å². The fraction of sp³-hybridized carbons (Fsp3) is 0.944. The Morgan fingerprint density at radius 2 is 1.76 bits per heavy atom. The third kappa shape index (κ3) is 2.32. The first kappa shape index (κ1) is 14.0. The molecule has 4 bridgehead atoms. The van der Waals surface area contributed by atoms with E-state index in [-0.39, 0.29) is 5.41 Å². The third-order valence-electron chi connectivity index (χ3n) is 6.81. The molecule has 1 amide bonds. The summed E-state index contributed by atoms with van der Waals surface area (Å²) < 4.78 is 0. The maximum Gasteiger partial charge on any atom is 0.229 e. The lowest BCUT2D eigenvalue weighted by atomic mass is 9.49. The zero-order valence-corrected chi connectivity index (χ0v) is 13.4. The lowest BCUT2D eigenvalue weighted by Gasteiger charge is -2.57. The molecule has 0 aromatic carbocycles. The molecule has 5 rings (SSSR count). The van der Waals surface area contributed by atoms with Gasteiger partial charge in [0.15, 0.2) is 0 Å². The van der Waals surface area contributed by atoms with Gasteiger partial charge in [-0.15, -0.1) is 0 Å². The van der Waals surface area contributed by atoms with Gasteiger partial charge in [0.05, 0.1) is 5.41 Å². The van der Waals surface area contributed by atoms with Crippen LogP contribution in [0.15, 0.2) is 0 Å². The molecule has 118 valence electrons. The van der Waals surface area contributed by atoms with Crippen molar-refractivity contribution < 1.29 is 4.79 Å². The van der Waals surface area contributed by atoms with Crippen molar-refractivity contribution in [3.63, 3.8) is 0 Å². The maximum atomic E-state index is 13.4. The molecule has 1 aliphatic heterocycles. The fourth-order valence-electron chi connectivity index (χ4n) is 6.34. The molecule has 3 nitrogen and oxygen atoms in total. The van der Waals surface area contributed by atoms with Crippen molar-refractivity contribution in [2.75, 3.05) is 19.6 Å². The van der Waals surface area contributed by atoms with Gasteiger partial charge < -0.3 is 10.2 Å². The second kappa shape index (κ2) is 5.26. The summed E-state index contributed by atoms with van der Waals surface area (Å²) in [5, 5.41) is 3.48. The number of likely N-dealkylation sites (N-methyl/N-ethyl adjacent to an activating group) is 1. The summed E-state index contributed by atoms with van der Waals surface area (Å²) >= 11 is 0. The SMILES string of the molecule is CCN(C(=O)C12CC3CC(CC(C3)C1)C2)C1CCCNC1. The first-order valence-corrected chi connectivity index (χ1v) is 9.22. The minimum absolute atomic E-state index is 0.0439. The quantitative estimate of drug-likeness (QED) is 0.867. The molecule has 1 unspecified atom stereocenters. The number of piperidine rings is 1. The summed E-state index contributed by atoms with van der Waals surface area (Å²) in [6.07, 6.45) is 10.3. The standard InChI is InChI=1S/C18H30N2O/c1-2-20(16-4-3-5-19-12-16)17(21)18-9-13-6-14(10-18)8-15(7-13)11-18/h13-16,19H,2-12H2,1H3. The average Bonchev–Trinajstić information content (AvgIpc) is 2.47. The number of amides is 1. The van der Waals surface area contributed by atoms with Crippen molar-refractivity contribution in [3.8, 4) is 0 Å². The van der Waals surface area contributed by atoms with Crippen LogP contribution >= 0.6 is 0 Å². The van der Waals surface area contributed by atoms with E-state index in [1.807, 2.05) is 0 Å². The molecule has 1 heterocycles. The summed E-state index contributed by atoms with van der Waals surface area (Å²) in [6.45, 7) is 5.20.